The molecule has 3 rings (SSSR count). The standard InChI is InChI=1S/C24H41N5O/c1-3-25-24(26-18-21(2)29-14-16-30-17-15-29)27-19-22-10-6-7-11-23(22)20-28-12-8-4-5-9-13-28/h6-7,10-11,21H,3-5,8-9,12-20H2,1-2H3,(H2,25,26,27). The molecule has 1 unspecified atom stereocenters. The fraction of sp³-hybridized carbons (Fsp3) is 0.708. The van der Waals surface area contributed by atoms with Crippen molar-refractivity contribution >= 4 is 5.96 Å². The van der Waals surface area contributed by atoms with Gasteiger partial charge in [0.1, 0.15) is 0 Å². The monoisotopic (exact) mass is 415 g/mol. The molecule has 0 spiro atoms. The van der Waals surface area contributed by atoms with Crippen LogP contribution in [0.1, 0.15) is 50.7 Å². The maximum Gasteiger partial charge on any atom is 0.191 e. The highest BCUT2D eigenvalue weighted by molar-refractivity contribution is 5.79. The van der Waals surface area contributed by atoms with Gasteiger partial charge in [-0.25, -0.2) is 4.99 Å². The van der Waals surface area contributed by atoms with Crippen LogP contribution in [0.15, 0.2) is 29.3 Å². The highest BCUT2D eigenvalue weighted by Gasteiger charge is 2.17. The Hall–Kier alpha value is -1.63. The molecule has 1 aromatic rings. The predicted molar refractivity (Wildman–Crippen MR) is 125 cm³/mol. The number of hydrogen-bond acceptors (Lipinski definition) is 4. The Kier molecular flexibility index (Phi) is 9.93. The molecule has 0 radical (unpaired) electrons. The maximum atomic E-state index is 5.47. The fourth-order valence-corrected chi connectivity index (χ4v) is 4.30. The van der Waals surface area contributed by atoms with Crippen molar-refractivity contribution in [3.05, 3.63) is 35.4 Å². The minimum Gasteiger partial charge on any atom is -0.379 e. The Morgan fingerprint density at radius 3 is 2.40 bits per heavy atom. The molecule has 2 aliphatic rings. The lowest BCUT2D eigenvalue weighted by Gasteiger charge is -2.32. The average Bonchev–Trinajstić information content (AvgIpc) is 3.05. The Balaban J connectivity index is 1.57. The number of nitrogens with one attached hydrogen (secondary N) is 2. The van der Waals surface area contributed by atoms with Gasteiger partial charge in [-0.15, -0.1) is 0 Å². The van der Waals surface area contributed by atoms with Crippen molar-refractivity contribution < 1.29 is 4.74 Å². The molecule has 2 N–H and O–H groups in total. The molecule has 2 aliphatic heterocycles. The molecule has 6 heteroatoms. The first-order chi connectivity index (χ1) is 14.8. The van der Waals surface area contributed by atoms with Crippen molar-refractivity contribution in [2.24, 2.45) is 4.99 Å². The third-order valence-electron chi connectivity index (χ3n) is 6.20. The summed E-state index contributed by atoms with van der Waals surface area (Å²) in [6.45, 7) is 14.1. The van der Waals surface area contributed by atoms with Crippen LogP contribution in [-0.2, 0) is 17.8 Å². The second kappa shape index (κ2) is 12.9. The summed E-state index contributed by atoms with van der Waals surface area (Å²) >= 11 is 0. The summed E-state index contributed by atoms with van der Waals surface area (Å²) in [7, 11) is 0. The highest BCUT2D eigenvalue weighted by atomic mass is 16.5. The summed E-state index contributed by atoms with van der Waals surface area (Å²) in [5, 5.41) is 6.95. The van der Waals surface area contributed by atoms with Crippen LogP contribution in [0.5, 0.6) is 0 Å². The van der Waals surface area contributed by atoms with Gasteiger partial charge in [0.15, 0.2) is 5.96 Å². The van der Waals surface area contributed by atoms with Gasteiger partial charge in [0.2, 0.25) is 0 Å². The van der Waals surface area contributed by atoms with Gasteiger partial charge < -0.3 is 15.4 Å². The summed E-state index contributed by atoms with van der Waals surface area (Å²) in [6, 6.07) is 9.27. The van der Waals surface area contributed by atoms with Gasteiger partial charge in [0, 0.05) is 38.8 Å². The number of likely N-dealkylation sites (tertiary alicyclic amines) is 1. The number of aliphatic imine (C=N–C) groups is 1. The summed E-state index contributed by atoms with van der Waals surface area (Å²) in [5.41, 5.74) is 2.75. The summed E-state index contributed by atoms with van der Waals surface area (Å²) in [6.07, 6.45) is 5.42. The number of guanidine groups is 1. The molecule has 0 bridgehead atoms. The number of benzene rings is 1. The van der Waals surface area contributed by atoms with Crippen LogP contribution in [0.4, 0.5) is 0 Å². The van der Waals surface area contributed by atoms with Crippen molar-refractivity contribution in [2.75, 3.05) is 52.5 Å². The van der Waals surface area contributed by atoms with Crippen molar-refractivity contribution in [3.63, 3.8) is 0 Å². The van der Waals surface area contributed by atoms with E-state index >= 15 is 0 Å². The third-order valence-corrected chi connectivity index (χ3v) is 6.20. The van der Waals surface area contributed by atoms with Gasteiger partial charge >= 0.3 is 0 Å². The summed E-state index contributed by atoms with van der Waals surface area (Å²) < 4.78 is 5.47. The third kappa shape index (κ3) is 7.56. The van der Waals surface area contributed by atoms with Gasteiger partial charge in [-0.05, 0) is 50.9 Å². The van der Waals surface area contributed by atoms with Crippen molar-refractivity contribution in [1.29, 1.82) is 0 Å². The quantitative estimate of drug-likeness (QED) is 0.505. The van der Waals surface area contributed by atoms with E-state index in [-0.39, 0.29) is 0 Å². The second-order valence-corrected chi connectivity index (χ2v) is 8.53. The van der Waals surface area contributed by atoms with Crippen LogP contribution in [0.2, 0.25) is 0 Å². The van der Waals surface area contributed by atoms with Crippen molar-refractivity contribution in [2.45, 2.75) is 58.7 Å². The minimum absolute atomic E-state index is 0.466. The molecule has 6 nitrogen and oxygen atoms in total. The van der Waals surface area contributed by atoms with E-state index in [0.717, 1.165) is 51.9 Å². The zero-order chi connectivity index (χ0) is 21.0. The van der Waals surface area contributed by atoms with Crippen LogP contribution in [-0.4, -0.2) is 74.3 Å². The van der Waals surface area contributed by atoms with E-state index in [1.54, 1.807) is 0 Å². The fourth-order valence-electron chi connectivity index (χ4n) is 4.30. The molecule has 168 valence electrons. The Labute approximate surface area is 183 Å². The maximum absolute atomic E-state index is 5.47. The zero-order valence-electron chi connectivity index (χ0n) is 19.0. The lowest BCUT2D eigenvalue weighted by atomic mass is 10.1. The zero-order valence-corrected chi connectivity index (χ0v) is 19.0. The number of rotatable bonds is 8. The largest absolute Gasteiger partial charge is 0.379 e. The van der Waals surface area contributed by atoms with E-state index in [0.29, 0.717) is 12.6 Å². The lowest BCUT2D eigenvalue weighted by Crippen LogP contribution is -2.49. The van der Waals surface area contributed by atoms with Crippen molar-refractivity contribution in [3.8, 4) is 0 Å². The van der Waals surface area contributed by atoms with Gasteiger partial charge in [-0.1, -0.05) is 37.1 Å². The van der Waals surface area contributed by atoms with Crippen LogP contribution in [0.25, 0.3) is 0 Å². The smallest absolute Gasteiger partial charge is 0.191 e. The van der Waals surface area contributed by atoms with E-state index in [4.69, 9.17) is 9.73 Å². The molecule has 0 aromatic heterocycles. The second-order valence-electron chi connectivity index (χ2n) is 8.53. The van der Waals surface area contributed by atoms with E-state index < -0.39 is 0 Å². The molecule has 0 amide bonds. The van der Waals surface area contributed by atoms with E-state index in [1.807, 2.05) is 0 Å². The lowest BCUT2D eigenvalue weighted by molar-refractivity contribution is 0.0211. The Morgan fingerprint density at radius 2 is 1.70 bits per heavy atom. The first-order valence-corrected chi connectivity index (χ1v) is 11.9. The van der Waals surface area contributed by atoms with Gasteiger partial charge in [0.25, 0.3) is 0 Å². The highest BCUT2D eigenvalue weighted by Crippen LogP contribution is 2.17. The molecule has 2 heterocycles. The molecule has 0 saturated carbocycles. The van der Waals surface area contributed by atoms with E-state index in [2.05, 4.69) is 58.5 Å². The molecular weight excluding hydrogens is 374 g/mol. The predicted octanol–water partition coefficient (Wildman–Crippen LogP) is 2.84. The van der Waals surface area contributed by atoms with Gasteiger partial charge in [0.05, 0.1) is 19.8 Å². The molecule has 2 saturated heterocycles. The van der Waals surface area contributed by atoms with E-state index in [9.17, 15) is 0 Å². The molecule has 0 aliphatic carbocycles. The van der Waals surface area contributed by atoms with Crippen LogP contribution < -0.4 is 10.6 Å². The van der Waals surface area contributed by atoms with E-state index in [1.165, 1.54) is 49.9 Å². The van der Waals surface area contributed by atoms with Crippen LogP contribution >= 0.6 is 0 Å². The Morgan fingerprint density at radius 1 is 1.00 bits per heavy atom. The van der Waals surface area contributed by atoms with Gasteiger partial charge in [-0.2, -0.15) is 0 Å². The minimum atomic E-state index is 0.466. The Bertz CT molecular complexity index is 636. The first kappa shape index (κ1) is 23.0. The van der Waals surface area contributed by atoms with Gasteiger partial charge in [-0.3, -0.25) is 9.80 Å². The summed E-state index contributed by atoms with van der Waals surface area (Å²) in [5.74, 6) is 0.905. The number of ether oxygens (including phenoxy) is 1. The molecule has 30 heavy (non-hydrogen) atoms. The number of hydrogen-bond donors (Lipinski definition) is 2. The number of morpholine rings is 1. The van der Waals surface area contributed by atoms with Crippen LogP contribution in [0.3, 0.4) is 0 Å². The normalized spacial score (nSPS) is 20.5. The first-order valence-electron chi connectivity index (χ1n) is 11.9. The van der Waals surface area contributed by atoms with Crippen molar-refractivity contribution in [1.82, 2.24) is 20.4 Å². The summed E-state index contributed by atoms with van der Waals surface area (Å²) in [4.78, 5) is 10.0. The molecule has 1 atom stereocenters. The SMILES string of the molecule is CCNC(=NCc1ccccc1CN1CCCCCC1)NCC(C)N1CCOCC1. The average molecular weight is 416 g/mol. The topological polar surface area (TPSA) is 52.1 Å². The molecule has 1 aromatic carbocycles. The molecule has 2 fully saturated rings. The number of nitrogens with zero attached hydrogens (tertiary/aromatic N) is 3. The van der Waals surface area contributed by atoms with Crippen LogP contribution in [0, 0.1) is 0 Å². The molecular formula is C24H41N5O.